The summed E-state index contributed by atoms with van der Waals surface area (Å²) in [6.07, 6.45) is 1.66. The summed E-state index contributed by atoms with van der Waals surface area (Å²) in [5.74, 6) is 0.0941. The minimum absolute atomic E-state index is 0.0397. The first-order valence-corrected chi connectivity index (χ1v) is 14.7. The number of hydrogen-bond donors (Lipinski definition) is 1. The van der Waals surface area contributed by atoms with E-state index in [-0.39, 0.29) is 36.5 Å². The molecule has 0 spiro atoms. The number of nitrogens with one attached hydrogen (secondary N) is 1. The predicted octanol–water partition coefficient (Wildman–Crippen LogP) is 5.57. The molecule has 2 amide bonds. The van der Waals surface area contributed by atoms with E-state index in [2.05, 4.69) is 10.3 Å². The van der Waals surface area contributed by atoms with Crippen LogP contribution in [0.1, 0.15) is 22.1 Å². The normalized spacial score (nSPS) is 14.6. The lowest BCUT2D eigenvalue weighted by Gasteiger charge is -2.23. The van der Waals surface area contributed by atoms with Crippen molar-refractivity contribution < 1.29 is 18.7 Å². The summed E-state index contributed by atoms with van der Waals surface area (Å²) >= 11 is 1.32. The topological polar surface area (TPSA) is 89.3 Å². The van der Waals surface area contributed by atoms with Crippen LogP contribution in [0.5, 0.6) is 5.75 Å². The van der Waals surface area contributed by atoms with Crippen LogP contribution in [0.15, 0.2) is 103 Å². The van der Waals surface area contributed by atoms with Gasteiger partial charge in [-0.05, 0) is 42.5 Å². The first-order valence-electron chi connectivity index (χ1n) is 13.7. The van der Waals surface area contributed by atoms with Gasteiger partial charge in [0, 0.05) is 22.9 Å². The van der Waals surface area contributed by atoms with Gasteiger partial charge in [0.05, 0.1) is 41.7 Å². The second-order valence-corrected chi connectivity index (χ2v) is 10.9. The second kappa shape index (κ2) is 12.5. The van der Waals surface area contributed by atoms with Gasteiger partial charge in [-0.2, -0.15) is 5.10 Å². The first kappa shape index (κ1) is 28.2. The number of benzene rings is 3. The van der Waals surface area contributed by atoms with Crippen LogP contribution in [0, 0.1) is 5.82 Å². The van der Waals surface area contributed by atoms with Crippen molar-refractivity contribution in [3.8, 4) is 22.7 Å². The summed E-state index contributed by atoms with van der Waals surface area (Å²) in [7, 11) is 1.59. The van der Waals surface area contributed by atoms with E-state index in [9.17, 15) is 9.59 Å². The fourth-order valence-electron chi connectivity index (χ4n) is 5.06. The van der Waals surface area contributed by atoms with Crippen LogP contribution in [-0.2, 0) is 16.1 Å². The number of pyridine rings is 1. The number of halogens is 1. The number of ether oxygens (including phenoxy) is 1. The van der Waals surface area contributed by atoms with Crippen molar-refractivity contribution >= 4 is 29.4 Å². The molecule has 216 valence electrons. The first-order chi connectivity index (χ1) is 21.0. The van der Waals surface area contributed by atoms with Gasteiger partial charge in [-0.3, -0.25) is 19.5 Å². The zero-order chi connectivity index (χ0) is 29.8. The second-order valence-electron chi connectivity index (χ2n) is 9.85. The minimum Gasteiger partial charge on any atom is -0.497 e. The van der Waals surface area contributed by atoms with Crippen molar-refractivity contribution in [2.75, 3.05) is 24.3 Å². The summed E-state index contributed by atoms with van der Waals surface area (Å²) in [5.41, 5.74) is 3.85. The molecule has 5 aromatic rings. The molecule has 0 aliphatic carbocycles. The van der Waals surface area contributed by atoms with Crippen LogP contribution in [0.3, 0.4) is 0 Å². The molecule has 6 rings (SSSR count). The number of rotatable bonds is 8. The highest BCUT2D eigenvalue weighted by Crippen LogP contribution is 2.49. The van der Waals surface area contributed by atoms with Gasteiger partial charge in [0.15, 0.2) is 0 Å². The lowest BCUT2D eigenvalue weighted by atomic mass is 9.99. The molecule has 0 unspecified atom stereocenters. The maximum absolute atomic E-state index is 15.4. The van der Waals surface area contributed by atoms with E-state index in [1.54, 1.807) is 54.4 Å². The molecule has 0 fully saturated rings. The zero-order valence-electron chi connectivity index (χ0n) is 23.3. The fourth-order valence-corrected chi connectivity index (χ4v) is 6.28. The molecule has 8 nitrogen and oxygen atoms in total. The number of anilines is 1. The number of hydrogen-bond acceptors (Lipinski definition) is 6. The molecular weight excluding hydrogens is 565 g/mol. The molecule has 0 saturated heterocycles. The third-order valence-corrected chi connectivity index (χ3v) is 8.37. The monoisotopic (exact) mass is 593 g/mol. The number of methoxy groups -OCH3 is 1. The summed E-state index contributed by atoms with van der Waals surface area (Å²) in [4.78, 5) is 32.9. The molecule has 3 aromatic carbocycles. The van der Waals surface area contributed by atoms with Crippen molar-refractivity contribution in [1.29, 1.82) is 0 Å². The van der Waals surface area contributed by atoms with E-state index in [0.29, 0.717) is 39.8 Å². The van der Waals surface area contributed by atoms with Gasteiger partial charge in [0.2, 0.25) is 11.8 Å². The molecule has 43 heavy (non-hydrogen) atoms. The quantitative estimate of drug-likeness (QED) is 0.253. The number of fused-ring (bicyclic) bond motifs is 1. The molecule has 0 bridgehead atoms. The molecule has 2 aromatic heterocycles. The standard InChI is InChI=1S/C33H28FN5O3S/c1-42-25-16-14-24(15-17-25)39-33-30(31(37-39)22-9-3-2-4-10-22)32(26-12-5-6-13-27(26)34)43-21-29(41)38(33)20-28(40)36-19-23-11-7-8-18-35-23/h2-18,32H,19-21H2,1H3,(H,36,40)/t32-/m1/s1. The minimum atomic E-state index is -0.566. The van der Waals surface area contributed by atoms with Crippen molar-refractivity contribution in [2.24, 2.45) is 0 Å². The summed E-state index contributed by atoms with van der Waals surface area (Å²) in [6.45, 7) is -0.0343. The Bertz CT molecular complexity index is 1750. The van der Waals surface area contributed by atoms with Gasteiger partial charge in [0.1, 0.15) is 23.9 Å². The molecule has 1 aliphatic rings. The average molecular weight is 594 g/mol. The van der Waals surface area contributed by atoms with Crippen molar-refractivity contribution in [1.82, 2.24) is 20.1 Å². The lowest BCUT2D eigenvalue weighted by molar-refractivity contribution is -0.123. The largest absolute Gasteiger partial charge is 0.497 e. The maximum Gasteiger partial charge on any atom is 0.240 e. The van der Waals surface area contributed by atoms with Gasteiger partial charge in [-0.1, -0.05) is 54.6 Å². The number of carbonyl (C=O) groups excluding carboxylic acids is 2. The Morgan fingerprint density at radius 3 is 2.47 bits per heavy atom. The summed E-state index contributed by atoms with van der Waals surface area (Å²) in [6, 6.07) is 28.9. The van der Waals surface area contributed by atoms with Crippen molar-refractivity contribution in [3.63, 3.8) is 0 Å². The molecule has 0 saturated carbocycles. The van der Waals surface area contributed by atoms with E-state index in [1.807, 2.05) is 54.6 Å². The lowest BCUT2D eigenvalue weighted by Crippen LogP contribution is -2.42. The third-order valence-electron chi connectivity index (χ3n) is 7.14. The summed E-state index contributed by atoms with van der Waals surface area (Å²) < 4.78 is 22.4. The van der Waals surface area contributed by atoms with Gasteiger partial charge < -0.3 is 10.1 Å². The van der Waals surface area contributed by atoms with Crippen molar-refractivity contribution in [3.05, 3.63) is 126 Å². The highest BCUT2D eigenvalue weighted by molar-refractivity contribution is 8.00. The molecule has 0 radical (unpaired) electrons. The molecule has 3 heterocycles. The number of amides is 2. The average Bonchev–Trinajstić information content (AvgIpc) is 3.38. The van der Waals surface area contributed by atoms with Crippen LogP contribution in [0.25, 0.3) is 16.9 Å². The van der Waals surface area contributed by atoms with Crippen LogP contribution < -0.4 is 15.0 Å². The Hall–Kier alpha value is -4.96. The van der Waals surface area contributed by atoms with Crippen LogP contribution in [0.2, 0.25) is 0 Å². The smallest absolute Gasteiger partial charge is 0.240 e. The molecule has 1 N–H and O–H groups in total. The van der Waals surface area contributed by atoms with Crippen molar-refractivity contribution in [2.45, 2.75) is 11.8 Å². The van der Waals surface area contributed by atoms with Crippen LogP contribution in [-0.4, -0.2) is 46.0 Å². The molecule has 1 aliphatic heterocycles. The SMILES string of the molecule is COc1ccc(-n2nc(-c3ccccc3)c3c2N(CC(=O)NCc2ccccn2)C(=O)CS[C@@H]3c2ccccc2F)cc1. The summed E-state index contributed by atoms with van der Waals surface area (Å²) in [5, 5.41) is 7.33. The van der Waals surface area contributed by atoms with Gasteiger partial charge in [-0.25, -0.2) is 9.07 Å². The number of thioether (sulfide) groups is 1. The Morgan fingerprint density at radius 1 is 1.00 bits per heavy atom. The van der Waals surface area contributed by atoms with Gasteiger partial charge >= 0.3 is 0 Å². The van der Waals surface area contributed by atoms with Crippen LogP contribution >= 0.6 is 11.8 Å². The maximum atomic E-state index is 15.4. The number of nitrogens with zero attached hydrogens (tertiary/aromatic N) is 4. The number of carbonyl (C=O) groups is 2. The van der Waals surface area contributed by atoms with E-state index in [1.165, 1.54) is 22.7 Å². The highest BCUT2D eigenvalue weighted by Gasteiger charge is 2.38. The fraction of sp³-hybridized carbons (Fsp3) is 0.152. The zero-order valence-corrected chi connectivity index (χ0v) is 24.1. The third kappa shape index (κ3) is 5.87. The Morgan fingerprint density at radius 2 is 1.74 bits per heavy atom. The van der Waals surface area contributed by atoms with E-state index in [4.69, 9.17) is 9.84 Å². The van der Waals surface area contributed by atoms with Crippen LogP contribution in [0.4, 0.5) is 10.2 Å². The molecular formula is C33H28FN5O3S. The number of aromatic nitrogens is 3. The Labute approximate surface area is 252 Å². The molecule has 1 atom stereocenters. The highest BCUT2D eigenvalue weighted by atomic mass is 32.2. The Balaban J connectivity index is 1.52. The van der Waals surface area contributed by atoms with Gasteiger partial charge in [0.25, 0.3) is 0 Å². The van der Waals surface area contributed by atoms with E-state index in [0.717, 1.165) is 5.56 Å². The predicted molar refractivity (Wildman–Crippen MR) is 165 cm³/mol. The van der Waals surface area contributed by atoms with Gasteiger partial charge in [-0.15, -0.1) is 11.8 Å². The molecule has 10 heteroatoms. The van der Waals surface area contributed by atoms with E-state index < -0.39 is 5.25 Å². The Kier molecular flexibility index (Phi) is 8.19. The van der Waals surface area contributed by atoms with E-state index >= 15 is 4.39 Å².